The highest BCUT2D eigenvalue weighted by atomic mass is 19.4. The fourth-order valence-corrected chi connectivity index (χ4v) is 2.78. The average molecular weight is 348 g/mol. The maximum Gasteiger partial charge on any atom is 0.416 e. The third kappa shape index (κ3) is 4.39. The van der Waals surface area contributed by atoms with Crippen LogP contribution >= 0.6 is 0 Å². The molecule has 0 saturated carbocycles. The van der Waals surface area contributed by atoms with E-state index in [1.165, 1.54) is 12.1 Å². The van der Waals surface area contributed by atoms with Gasteiger partial charge in [0, 0.05) is 25.1 Å². The van der Waals surface area contributed by atoms with Crippen molar-refractivity contribution in [3.05, 3.63) is 70.8 Å². The quantitative estimate of drug-likeness (QED) is 0.874. The first-order chi connectivity index (χ1) is 11.9. The SMILES string of the molecule is Cc1ccccc1C1=NO[C@H](CNCc2ccc(C(F)(F)F)cc2)C1. The third-order valence-electron chi connectivity index (χ3n) is 4.17. The Hall–Kier alpha value is -2.34. The van der Waals surface area contributed by atoms with E-state index < -0.39 is 11.7 Å². The van der Waals surface area contributed by atoms with Gasteiger partial charge >= 0.3 is 6.18 Å². The topological polar surface area (TPSA) is 33.6 Å². The van der Waals surface area contributed by atoms with Crippen molar-refractivity contribution in [2.45, 2.75) is 32.2 Å². The predicted molar refractivity (Wildman–Crippen MR) is 90.4 cm³/mol. The number of rotatable bonds is 5. The zero-order valence-electron chi connectivity index (χ0n) is 13.8. The lowest BCUT2D eigenvalue weighted by Gasteiger charge is -2.11. The minimum absolute atomic E-state index is 0.0657. The number of oxime groups is 1. The summed E-state index contributed by atoms with van der Waals surface area (Å²) in [6.07, 6.45) is -3.65. The van der Waals surface area contributed by atoms with Gasteiger partial charge in [0.15, 0.2) is 0 Å². The fourth-order valence-electron chi connectivity index (χ4n) is 2.78. The van der Waals surface area contributed by atoms with Crippen molar-refractivity contribution in [1.29, 1.82) is 0 Å². The number of nitrogens with zero attached hydrogens (tertiary/aromatic N) is 1. The van der Waals surface area contributed by atoms with E-state index in [1.54, 1.807) is 0 Å². The van der Waals surface area contributed by atoms with Gasteiger partial charge in [-0.1, -0.05) is 41.6 Å². The Balaban J connectivity index is 1.47. The molecule has 0 radical (unpaired) electrons. The molecule has 3 nitrogen and oxygen atoms in total. The number of hydrogen-bond donors (Lipinski definition) is 1. The van der Waals surface area contributed by atoms with Crippen LogP contribution in [0.2, 0.25) is 0 Å². The summed E-state index contributed by atoms with van der Waals surface area (Å²) < 4.78 is 37.6. The van der Waals surface area contributed by atoms with E-state index >= 15 is 0 Å². The molecule has 0 amide bonds. The number of nitrogens with one attached hydrogen (secondary N) is 1. The molecule has 0 fully saturated rings. The van der Waals surface area contributed by atoms with Crippen molar-refractivity contribution in [3.63, 3.8) is 0 Å². The summed E-state index contributed by atoms with van der Waals surface area (Å²) in [6, 6.07) is 13.2. The van der Waals surface area contributed by atoms with Crippen molar-refractivity contribution in [3.8, 4) is 0 Å². The monoisotopic (exact) mass is 348 g/mol. The van der Waals surface area contributed by atoms with Crippen molar-refractivity contribution in [2.75, 3.05) is 6.54 Å². The largest absolute Gasteiger partial charge is 0.416 e. The number of benzene rings is 2. The van der Waals surface area contributed by atoms with Crippen molar-refractivity contribution < 1.29 is 18.0 Å². The highest BCUT2D eigenvalue weighted by Crippen LogP contribution is 2.29. The summed E-state index contributed by atoms with van der Waals surface area (Å²) >= 11 is 0. The molecule has 0 unspecified atom stereocenters. The van der Waals surface area contributed by atoms with Crippen LogP contribution in [0, 0.1) is 6.92 Å². The van der Waals surface area contributed by atoms with Crippen LogP contribution < -0.4 is 5.32 Å². The number of alkyl halides is 3. The third-order valence-corrected chi connectivity index (χ3v) is 4.17. The van der Waals surface area contributed by atoms with Gasteiger partial charge < -0.3 is 10.2 Å². The van der Waals surface area contributed by atoms with Gasteiger partial charge in [0.1, 0.15) is 6.10 Å². The van der Waals surface area contributed by atoms with Gasteiger partial charge in [-0.25, -0.2) is 0 Å². The highest BCUT2D eigenvalue weighted by molar-refractivity contribution is 6.02. The van der Waals surface area contributed by atoms with E-state index in [1.807, 2.05) is 31.2 Å². The zero-order chi connectivity index (χ0) is 17.9. The Morgan fingerprint density at radius 1 is 1.12 bits per heavy atom. The lowest BCUT2D eigenvalue weighted by atomic mass is 10.0. The van der Waals surface area contributed by atoms with Gasteiger partial charge in [0.25, 0.3) is 0 Å². The molecule has 1 heterocycles. The van der Waals surface area contributed by atoms with Gasteiger partial charge in [-0.3, -0.25) is 0 Å². The van der Waals surface area contributed by atoms with Crippen LogP contribution in [-0.2, 0) is 17.6 Å². The summed E-state index contributed by atoms with van der Waals surface area (Å²) in [5, 5.41) is 7.37. The molecule has 1 aliphatic heterocycles. The molecule has 0 bridgehead atoms. The van der Waals surface area contributed by atoms with E-state index in [0.717, 1.165) is 34.5 Å². The molecular weight excluding hydrogens is 329 g/mol. The Labute approximate surface area is 144 Å². The van der Waals surface area contributed by atoms with Crippen LogP contribution in [0.4, 0.5) is 13.2 Å². The highest BCUT2D eigenvalue weighted by Gasteiger charge is 2.30. The second-order valence-electron chi connectivity index (χ2n) is 6.11. The minimum atomic E-state index is -4.30. The van der Waals surface area contributed by atoms with Gasteiger partial charge in [-0.2, -0.15) is 13.2 Å². The van der Waals surface area contributed by atoms with Crippen molar-refractivity contribution in [1.82, 2.24) is 5.32 Å². The van der Waals surface area contributed by atoms with Crippen molar-refractivity contribution >= 4 is 5.71 Å². The number of hydrogen-bond acceptors (Lipinski definition) is 3. The molecule has 1 aliphatic rings. The predicted octanol–water partition coefficient (Wildman–Crippen LogP) is 4.30. The van der Waals surface area contributed by atoms with Crippen LogP contribution in [0.1, 0.15) is 28.7 Å². The molecule has 6 heteroatoms. The van der Waals surface area contributed by atoms with Gasteiger partial charge in [-0.05, 0) is 30.2 Å². The summed E-state index contributed by atoms with van der Waals surface area (Å²) in [6.45, 7) is 3.10. The lowest BCUT2D eigenvalue weighted by Crippen LogP contribution is -2.26. The Morgan fingerprint density at radius 3 is 2.52 bits per heavy atom. The molecule has 0 aliphatic carbocycles. The van der Waals surface area contributed by atoms with Crippen LogP contribution in [0.25, 0.3) is 0 Å². The maximum absolute atomic E-state index is 12.5. The Bertz CT molecular complexity index is 754. The summed E-state index contributed by atoms with van der Waals surface area (Å²) in [5.74, 6) is 0. The molecule has 3 rings (SSSR count). The van der Waals surface area contributed by atoms with Gasteiger partial charge in [0.05, 0.1) is 11.3 Å². The van der Waals surface area contributed by atoms with Gasteiger partial charge in [-0.15, -0.1) is 0 Å². The smallest absolute Gasteiger partial charge is 0.390 e. The van der Waals surface area contributed by atoms with Crippen molar-refractivity contribution in [2.24, 2.45) is 5.16 Å². The van der Waals surface area contributed by atoms with Crippen LogP contribution in [0.3, 0.4) is 0 Å². The standard InChI is InChI=1S/C19H19F3N2O/c1-13-4-2-3-5-17(13)18-10-16(25-24-18)12-23-11-14-6-8-15(9-7-14)19(20,21)22/h2-9,16,23H,10-12H2,1H3/t16-/m0/s1. The first kappa shape index (κ1) is 17.5. The van der Waals surface area contributed by atoms with Crippen LogP contribution in [0.15, 0.2) is 53.7 Å². The molecule has 0 spiro atoms. The molecule has 1 atom stereocenters. The molecule has 25 heavy (non-hydrogen) atoms. The second kappa shape index (κ2) is 7.27. The zero-order valence-corrected chi connectivity index (χ0v) is 13.8. The van der Waals surface area contributed by atoms with E-state index in [4.69, 9.17) is 4.84 Å². The van der Waals surface area contributed by atoms with E-state index in [-0.39, 0.29) is 6.10 Å². The molecule has 0 aromatic heterocycles. The lowest BCUT2D eigenvalue weighted by molar-refractivity contribution is -0.137. The van der Waals surface area contributed by atoms with Crippen LogP contribution in [0.5, 0.6) is 0 Å². The molecule has 2 aromatic rings. The maximum atomic E-state index is 12.5. The summed E-state index contributed by atoms with van der Waals surface area (Å²) in [7, 11) is 0. The van der Waals surface area contributed by atoms with E-state index in [2.05, 4.69) is 10.5 Å². The van der Waals surface area contributed by atoms with E-state index in [9.17, 15) is 13.2 Å². The molecule has 0 saturated heterocycles. The Kier molecular flexibility index (Phi) is 5.08. The summed E-state index contributed by atoms with van der Waals surface area (Å²) in [5.41, 5.74) is 3.34. The first-order valence-corrected chi connectivity index (χ1v) is 8.09. The normalized spacial score (nSPS) is 17.3. The van der Waals surface area contributed by atoms with Crippen LogP contribution in [-0.4, -0.2) is 18.4 Å². The molecule has 2 aromatic carbocycles. The van der Waals surface area contributed by atoms with Gasteiger partial charge in [0.2, 0.25) is 0 Å². The summed E-state index contributed by atoms with van der Waals surface area (Å²) in [4.78, 5) is 5.45. The Morgan fingerprint density at radius 2 is 1.84 bits per heavy atom. The molecule has 1 N–H and O–H groups in total. The van der Waals surface area contributed by atoms with E-state index in [0.29, 0.717) is 19.5 Å². The number of halogens is 3. The minimum Gasteiger partial charge on any atom is -0.390 e. The second-order valence-corrected chi connectivity index (χ2v) is 6.11. The average Bonchev–Trinajstić information content (AvgIpc) is 3.03. The first-order valence-electron chi connectivity index (χ1n) is 8.09. The molecular formula is C19H19F3N2O. The number of aryl methyl sites for hydroxylation is 1. The molecule has 132 valence electrons. The fraction of sp³-hybridized carbons (Fsp3) is 0.316.